The maximum absolute atomic E-state index is 10.5. The number of nitrogens with zero attached hydrogens (tertiary/aromatic N) is 1. The topological polar surface area (TPSA) is 32.7 Å². The molecule has 112 valence electrons. The SMILES string of the molecule is COc1cccc(C(O)CN(C(C)C)C2CCCC2)c1. The molecule has 1 atom stereocenters. The van der Waals surface area contributed by atoms with Crippen LogP contribution in [0.25, 0.3) is 0 Å². The Labute approximate surface area is 122 Å². The maximum atomic E-state index is 10.5. The molecular formula is C17H27NO2. The van der Waals surface area contributed by atoms with E-state index in [1.165, 1.54) is 25.7 Å². The van der Waals surface area contributed by atoms with E-state index in [-0.39, 0.29) is 0 Å². The van der Waals surface area contributed by atoms with Crippen molar-refractivity contribution in [2.75, 3.05) is 13.7 Å². The van der Waals surface area contributed by atoms with Gasteiger partial charge in [-0.05, 0) is 44.4 Å². The second-order valence-electron chi connectivity index (χ2n) is 6.02. The van der Waals surface area contributed by atoms with Crippen molar-refractivity contribution < 1.29 is 9.84 Å². The van der Waals surface area contributed by atoms with E-state index in [1.807, 2.05) is 24.3 Å². The van der Waals surface area contributed by atoms with Gasteiger partial charge in [0.1, 0.15) is 5.75 Å². The highest BCUT2D eigenvalue weighted by Crippen LogP contribution is 2.28. The van der Waals surface area contributed by atoms with Crippen LogP contribution in [-0.4, -0.2) is 35.7 Å². The van der Waals surface area contributed by atoms with Crippen LogP contribution < -0.4 is 4.74 Å². The van der Waals surface area contributed by atoms with Crippen molar-refractivity contribution in [3.05, 3.63) is 29.8 Å². The van der Waals surface area contributed by atoms with E-state index in [2.05, 4.69) is 18.7 Å². The minimum Gasteiger partial charge on any atom is -0.497 e. The Morgan fingerprint density at radius 3 is 2.60 bits per heavy atom. The number of aliphatic hydroxyl groups is 1. The van der Waals surface area contributed by atoms with E-state index in [9.17, 15) is 5.11 Å². The maximum Gasteiger partial charge on any atom is 0.119 e. The summed E-state index contributed by atoms with van der Waals surface area (Å²) in [6.45, 7) is 5.14. The molecule has 1 aromatic rings. The molecule has 0 bridgehead atoms. The fourth-order valence-corrected chi connectivity index (χ4v) is 3.17. The van der Waals surface area contributed by atoms with Gasteiger partial charge in [0, 0.05) is 18.6 Å². The predicted molar refractivity (Wildman–Crippen MR) is 82.1 cm³/mol. The lowest BCUT2D eigenvalue weighted by Gasteiger charge is -2.34. The van der Waals surface area contributed by atoms with Gasteiger partial charge in [0.2, 0.25) is 0 Å². The van der Waals surface area contributed by atoms with Crippen molar-refractivity contribution in [2.24, 2.45) is 0 Å². The van der Waals surface area contributed by atoms with Crippen molar-refractivity contribution in [3.8, 4) is 5.75 Å². The van der Waals surface area contributed by atoms with E-state index in [4.69, 9.17) is 4.74 Å². The number of benzene rings is 1. The molecule has 0 heterocycles. The summed E-state index contributed by atoms with van der Waals surface area (Å²) >= 11 is 0. The molecule has 1 aliphatic carbocycles. The predicted octanol–water partition coefficient (Wildman–Crippen LogP) is 3.38. The van der Waals surface area contributed by atoms with Gasteiger partial charge in [-0.25, -0.2) is 0 Å². The summed E-state index contributed by atoms with van der Waals surface area (Å²) in [4.78, 5) is 2.46. The van der Waals surface area contributed by atoms with E-state index < -0.39 is 6.10 Å². The summed E-state index contributed by atoms with van der Waals surface area (Å²) in [6, 6.07) is 8.85. The van der Waals surface area contributed by atoms with Crippen LogP contribution in [0.5, 0.6) is 5.75 Å². The minimum atomic E-state index is -0.451. The Hall–Kier alpha value is -1.06. The quantitative estimate of drug-likeness (QED) is 0.865. The fourth-order valence-electron chi connectivity index (χ4n) is 3.17. The van der Waals surface area contributed by atoms with E-state index in [1.54, 1.807) is 7.11 Å². The first-order valence-electron chi connectivity index (χ1n) is 7.69. The second kappa shape index (κ2) is 7.09. The smallest absolute Gasteiger partial charge is 0.119 e. The van der Waals surface area contributed by atoms with Gasteiger partial charge in [-0.2, -0.15) is 0 Å². The number of aliphatic hydroxyl groups excluding tert-OH is 1. The van der Waals surface area contributed by atoms with Gasteiger partial charge in [-0.1, -0.05) is 25.0 Å². The molecular weight excluding hydrogens is 250 g/mol. The molecule has 1 aromatic carbocycles. The highest BCUT2D eigenvalue weighted by molar-refractivity contribution is 5.29. The standard InChI is InChI=1S/C17H27NO2/c1-13(2)18(15-8-4-5-9-15)12-17(19)14-7-6-10-16(11-14)20-3/h6-7,10-11,13,15,17,19H,4-5,8-9,12H2,1-3H3. The Kier molecular flexibility index (Phi) is 5.44. The molecule has 1 saturated carbocycles. The zero-order valence-corrected chi connectivity index (χ0v) is 12.9. The third-order valence-electron chi connectivity index (χ3n) is 4.32. The highest BCUT2D eigenvalue weighted by Gasteiger charge is 2.26. The number of rotatable bonds is 6. The molecule has 1 fully saturated rings. The summed E-state index contributed by atoms with van der Waals surface area (Å²) in [6.07, 6.45) is 4.73. The number of methoxy groups -OCH3 is 1. The molecule has 1 N–H and O–H groups in total. The van der Waals surface area contributed by atoms with Crippen LogP contribution in [0.2, 0.25) is 0 Å². The molecule has 0 spiro atoms. The van der Waals surface area contributed by atoms with Crippen LogP contribution in [0.3, 0.4) is 0 Å². The molecule has 0 aromatic heterocycles. The number of hydrogen-bond donors (Lipinski definition) is 1. The summed E-state index contributed by atoms with van der Waals surface area (Å²) < 4.78 is 5.23. The first kappa shape index (κ1) is 15.3. The van der Waals surface area contributed by atoms with Crippen molar-refractivity contribution in [1.29, 1.82) is 0 Å². The average molecular weight is 277 g/mol. The van der Waals surface area contributed by atoms with Gasteiger partial charge in [0.05, 0.1) is 13.2 Å². The van der Waals surface area contributed by atoms with Crippen LogP contribution in [0.1, 0.15) is 51.2 Å². The summed E-state index contributed by atoms with van der Waals surface area (Å²) in [7, 11) is 1.66. The molecule has 0 radical (unpaired) electrons. The van der Waals surface area contributed by atoms with Gasteiger partial charge in [-0.3, -0.25) is 4.90 Å². The minimum absolute atomic E-state index is 0.451. The second-order valence-corrected chi connectivity index (χ2v) is 6.02. The van der Waals surface area contributed by atoms with Crippen LogP contribution in [-0.2, 0) is 0 Å². The third kappa shape index (κ3) is 3.74. The monoisotopic (exact) mass is 277 g/mol. The van der Waals surface area contributed by atoms with Crippen LogP contribution in [0.4, 0.5) is 0 Å². The molecule has 3 nitrogen and oxygen atoms in total. The number of ether oxygens (including phenoxy) is 1. The zero-order chi connectivity index (χ0) is 14.5. The van der Waals surface area contributed by atoms with Crippen LogP contribution in [0, 0.1) is 0 Å². The summed E-state index contributed by atoms with van der Waals surface area (Å²) in [5, 5.41) is 10.5. The molecule has 0 amide bonds. The van der Waals surface area contributed by atoms with Crippen molar-refractivity contribution in [3.63, 3.8) is 0 Å². The third-order valence-corrected chi connectivity index (χ3v) is 4.32. The number of hydrogen-bond acceptors (Lipinski definition) is 3. The van der Waals surface area contributed by atoms with Gasteiger partial charge in [0.15, 0.2) is 0 Å². The van der Waals surface area contributed by atoms with Gasteiger partial charge >= 0.3 is 0 Å². The lowest BCUT2D eigenvalue weighted by molar-refractivity contribution is 0.0668. The first-order chi connectivity index (χ1) is 9.61. The molecule has 3 heteroatoms. The van der Waals surface area contributed by atoms with Crippen molar-refractivity contribution in [2.45, 2.75) is 57.7 Å². The molecule has 0 aliphatic heterocycles. The fraction of sp³-hybridized carbons (Fsp3) is 0.647. The molecule has 2 rings (SSSR count). The lowest BCUT2D eigenvalue weighted by Crippen LogP contribution is -2.41. The van der Waals surface area contributed by atoms with E-state index >= 15 is 0 Å². The average Bonchev–Trinajstić information content (AvgIpc) is 2.98. The summed E-state index contributed by atoms with van der Waals surface area (Å²) in [5.41, 5.74) is 0.938. The highest BCUT2D eigenvalue weighted by atomic mass is 16.5. The van der Waals surface area contributed by atoms with Gasteiger partial charge < -0.3 is 9.84 Å². The molecule has 1 aliphatic rings. The van der Waals surface area contributed by atoms with Crippen LogP contribution >= 0.6 is 0 Å². The van der Waals surface area contributed by atoms with Crippen molar-refractivity contribution >= 4 is 0 Å². The molecule has 0 saturated heterocycles. The molecule has 20 heavy (non-hydrogen) atoms. The van der Waals surface area contributed by atoms with Gasteiger partial charge in [0.25, 0.3) is 0 Å². The Morgan fingerprint density at radius 1 is 1.30 bits per heavy atom. The van der Waals surface area contributed by atoms with E-state index in [0.29, 0.717) is 18.6 Å². The first-order valence-corrected chi connectivity index (χ1v) is 7.69. The Morgan fingerprint density at radius 2 is 2.00 bits per heavy atom. The van der Waals surface area contributed by atoms with Crippen molar-refractivity contribution in [1.82, 2.24) is 4.90 Å². The van der Waals surface area contributed by atoms with Gasteiger partial charge in [-0.15, -0.1) is 0 Å². The Bertz CT molecular complexity index is 413. The zero-order valence-electron chi connectivity index (χ0n) is 12.9. The largest absolute Gasteiger partial charge is 0.497 e. The lowest BCUT2D eigenvalue weighted by atomic mass is 10.1. The molecule has 1 unspecified atom stereocenters. The normalized spacial score (nSPS) is 17.9. The van der Waals surface area contributed by atoms with Crippen LogP contribution in [0.15, 0.2) is 24.3 Å². The summed E-state index contributed by atoms with van der Waals surface area (Å²) in [5.74, 6) is 0.804. The van der Waals surface area contributed by atoms with E-state index in [0.717, 1.165) is 11.3 Å². The Balaban J connectivity index is 2.05.